The van der Waals surface area contributed by atoms with Gasteiger partial charge in [-0.3, -0.25) is 0 Å². The van der Waals surface area contributed by atoms with Gasteiger partial charge >= 0.3 is 5.97 Å². The SMILES string of the molecule is COC(=O)c1ccc2[nH]c(Cc3ccc(Cl)cc3)cc2c1. The third-order valence-corrected chi connectivity index (χ3v) is 3.66. The van der Waals surface area contributed by atoms with Gasteiger partial charge in [-0.1, -0.05) is 23.7 Å². The van der Waals surface area contributed by atoms with E-state index in [1.165, 1.54) is 12.7 Å². The first kappa shape index (κ1) is 13.7. The summed E-state index contributed by atoms with van der Waals surface area (Å²) in [4.78, 5) is 14.9. The lowest BCUT2D eigenvalue weighted by atomic mass is 10.1. The Balaban J connectivity index is 1.90. The number of ether oxygens (including phenoxy) is 1. The Bertz CT molecular complexity index is 790. The molecule has 0 aliphatic heterocycles. The highest BCUT2D eigenvalue weighted by molar-refractivity contribution is 6.30. The number of benzene rings is 2. The number of hydrogen-bond donors (Lipinski definition) is 1. The molecule has 0 amide bonds. The molecular weight excluding hydrogens is 286 g/mol. The van der Waals surface area contributed by atoms with Crippen molar-refractivity contribution < 1.29 is 9.53 Å². The second-order valence-corrected chi connectivity index (χ2v) is 5.33. The minimum Gasteiger partial charge on any atom is -0.465 e. The highest BCUT2D eigenvalue weighted by Crippen LogP contribution is 2.20. The number of halogens is 1. The molecule has 0 saturated carbocycles. The van der Waals surface area contributed by atoms with E-state index in [2.05, 4.69) is 11.1 Å². The van der Waals surface area contributed by atoms with E-state index >= 15 is 0 Å². The van der Waals surface area contributed by atoms with Gasteiger partial charge in [0.05, 0.1) is 12.7 Å². The molecule has 2 aromatic carbocycles. The van der Waals surface area contributed by atoms with Gasteiger partial charge in [0.15, 0.2) is 0 Å². The van der Waals surface area contributed by atoms with Crippen LogP contribution in [0.4, 0.5) is 0 Å². The summed E-state index contributed by atoms with van der Waals surface area (Å²) in [5, 5.41) is 1.74. The zero-order valence-corrected chi connectivity index (χ0v) is 12.3. The summed E-state index contributed by atoms with van der Waals surface area (Å²) in [5.41, 5.74) is 3.84. The number of aromatic amines is 1. The van der Waals surface area contributed by atoms with Crippen LogP contribution in [-0.2, 0) is 11.2 Å². The zero-order chi connectivity index (χ0) is 14.8. The number of methoxy groups -OCH3 is 1. The normalized spacial score (nSPS) is 10.8. The number of carbonyl (C=O) groups excluding carboxylic acids is 1. The minimum atomic E-state index is -0.322. The van der Waals surface area contributed by atoms with Crippen LogP contribution in [-0.4, -0.2) is 18.1 Å². The van der Waals surface area contributed by atoms with E-state index < -0.39 is 0 Å². The zero-order valence-electron chi connectivity index (χ0n) is 11.5. The maximum Gasteiger partial charge on any atom is 0.337 e. The predicted molar refractivity (Wildman–Crippen MR) is 83.9 cm³/mol. The fourth-order valence-electron chi connectivity index (χ4n) is 2.35. The fourth-order valence-corrected chi connectivity index (χ4v) is 2.48. The van der Waals surface area contributed by atoms with Crippen LogP contribution >= 0.6 is 11.6 Å². The first-order valence-electron chi connectivity index (χ1n) is 6.60. The number of nitrogens with one attached hydrogen (secondary N) is 1. The van der Waals surface area contributed by atoms with Gasteiger partial charge in [-0.25, -0.2) is 4.79 Å². The summed E-state index contributed by atoms with van der Waals surface area (Å²) in [5.74, 6) is -0.322. The fraction of sp³-hybridized carbons (Fsp3) is 0.118. The van der Waals surface area contributed by atoms with Crippen LogP contribution in [0.25, 0.3) is 10.9 Å². The summed E-state index contributed by atoms with van der Waals surface area (Å²) < 4.78 is 4.74. The molecule has 106 valence electrons. The van der Waals surface area contributed by atoms with E-state index in [0.717, 1.165) is 28.0 Å². The first-order chi connectivity index (χ1) is 10.2. The van der Waals surface area contributed by atoms with E-state index in [0.29, 0.717) is 5.56 Å². The van der Waals surface area contributed by atoms with Crippen molar-refractivity contribution in [1.29, 1.82) is 0 Å². The molecule has 3 aromatic rings. The smallest absolute Gasteiger partial charge is 0.337 e. The molecule has 0 aliphatic rings. The second-order valence-electron chi connectivity index (χ2n) is 4.89. The standard InChI is InChI=1S/C17H14ClNO2/c1-21-17(20)12-4-7-16-13(9-12)10-15(19-16)8-11-2-5-14(18)6-3-11/h2-7,9-10,19H,8H2,1H3. The van der Waals surface area contributed by atoms with Crippen LogP contribution in [0.15, 0.2) is 48.5 Å². The van der Waals surface area contributed by atoms with Crippen molar-refractivity contribution in [3.8, 4) is 0 Å². The molecule has 0 fully saturated rings. The molecule has 0 radical (unpaired) electrons. The Kier molecular flexibility index (Phi) is 3.67. The third kappa shape index (κ3) is 2.93. The molecule has 1 N–H and O–H groups in total. The van der Waals surface area contributed by atoms with Crippen LogP contribution in [0.1, 0.15) is 21.6 Å². The van der Waals surface area contributed by atoms with Crippen molar-refractivity contribution in [2.45, 2.75) is 6.42 Å². The molecule has 0 atom stereocenters. The number of esters is 1. The van der Waals surface area contributed by atoms with Gasteiger partial charge in [-0.15, -0.1) is 0 Å². The lowest BCUT2D eigenvalue weighted by molar-refractivity contribution is 0.0601. The molecule has 0 bridgehead atoms. The van der Waals surface area contributed by atoms with E-state index in [-0.39, 0.29) is 5.97 Å². The second kappa shape index (κ2) is 5.62. The maximum atomic E-state index is 11.5. The highest BCUT2D eigenvalue weighted by atomic mass is 35.5. The lowest BCUT2D eigenvalue weighted by Gasteiger charge is -1.98. The van der Waals surface area contributed by atoms with Gasteiger partial charge in [-0.05, 0) is 42.0 Å². The average Bonchev–Trinajstić information content (AvgIpc) is 2.90. The summed E-state index contributed by atoms with van der Waals surface area (Å²) in [7, 11) is 1.38. The number of rotatable bonds is 3. The van der Waals surface area contributed by atoms with E-state index in [1.54, 1.807) is 6.07 Å². The molecule has 21 heavy (non-hydrogen) atoms. The lowest BCUT2D eigenvalue weighted by Crippen LogP contribution is -2.00. The number of fused-ring (bicyclic) bond motifs is 1. The van der Waals surface area contributed by atoms with Crippen LogP contribution in [0.5, 0.6) is 0 Å². The Labute approximate surface area is 127 Å². The average molecular weight is 300 g/mol. The van der Waals surface area contributed by atoms with Crippen LogP contribution in [0.2, 0.25) is 5.02 Å². The molecule has 3 rings (SSSR count). The van der Waals surface area contributed by atoms with Gasteiger partial charge in [0, 0.05) is 28.0 Å². The van der Waals surface area contributed by atoms with Crippen molar-refractivity contribution >= 4 is 28.5 Å². The van der Waals surface area contributed by atoms with Gasteiger partial charge in [0.2, 0.25) is 0 Å². The van der Waals surface area contributed by atoms with E-state index in [1.807, 2.05) is 36.4 Å². The highest BCUT2D eigenvalue weighted by Gasteiger charge is 2.08. The molecule has 1 aromatic heterocycles. The topological polar surface area (TPSA) is 42.1 Å². The largest absolute Gasteiger partial charge is 0.465 e. The van der Waals surface area contributed by atoms with Crippen LogP contribution < -0.4 is 0 Å². The number of carbonyl (C=O) groups is 1. The van der Waals surface area contributed by atoms with Crippen molar-refractivity contribution in [1.82, 2.24) is 4.98 Å². The minimum absolute atomic E-state index is 0.322. The molecule has 0 aliphatic carbocycles. The quantitative estimate of drug-likeness (QED) is 0.737. The number of hydrogen-bond acceptors (Lipinski definition) is 2. The summed E-state index contributed by atoms with van der Waals surface area (Å²) in [6.45, 7) is 0. The van der Waals surface area contributed by atoms with Gasteiger partial charge in [0.25, 0.3) is 0 Å². The van der Waals surface area contributed by atoms with Crippen molar-refractivity contribution in [3.63, 3.8) is 0 Å². The van der Waals surface area contributed by atoms with Gasteiger partial charge in [-0.2, -0.15) is 0 Å². The Morgan fingerprint density at radius 3 is 2.62 bits per heavy atom. The number of aromatic nitrogens is 1. The molecule has 1 heterocycles. The van der Waals surface area contributed by atoms with Gasteiger partial charge in [0.1, 0.15) is 0 Å². The first-order valence-corrected chi connectivity index (χ1v) is 6.98. The number of H-pyrrole nitrogens is 1. The monoisotopic (exact) mass is 299 g/mol. The van der Waals surface area contributed by atoms with Crippen LogP contribution in [0, 0.1) is 0 Å². The summed E-state index contributed by atoms with van der Waals surface area (Å²) in [6.07, 6.45) is 0.791. The predicted octanol–water partition coefficient (Wildman–Crippen LogP) is 4.20. The molecule has 3 nitrogen and oxygen atoms in total. The molecule has 0 saturated heterocycles. The third-order valence-electron chi connectivity index (χ3n) is 3.41. The van der Waals surface area contributed by atoms with Crippen molar-refractivity contribution in [3.05, 3.63) is 70.4 Å². The molecule has 0 spiro atoms. The van der Waals surface area contributed by atoms with E-state index in [9.17, 15) is 4.79 Å². The Morgan fingerprint density at radius 1 is 1.14 bits per heavy atom. The molecule has 4 heteroatoms. The van der Waals surface area contributed by atoms with E-state index in [4.69, 9.17) is 16.3 Å². The van der Waals surface area contributed by atoms with Gasteiger partial charge < -0.3 is 9.72 Å². The summed E-state index contributed by atoms with van der Waals surface area (Å²) >= 11 is 5.89. The van der Waals surface area contributed by atoms with Crippen molar-refractivity contribution in [2.24, 2.45) is 0 Å². The Morgan fingerprint density at radius 2 is 1.90 bits per heavy atom. The maximum absolute atomic E-state index is 11.5. The molecular formula is C17H14ClNO2. The van der Waals surface area contributed by atoms with Crippen molar-refractivity contribution in [2.75, 3.05) is 7.11 Å². The summed E-state index contributed by atoms with van der Waals surface area (Å²) in [6, 6.07) is 15.3. The Hall–Kier alpha value is -2.26. The molecule has 0 unspecified atom stereocenters. The van der Waals surface area contributed by atoms with Crippen LogP contribution in [0.3, 0.4) is 0 Å².